The summed E-state index contributed by atoms with van der Waals surface area (Å²) in [6.07, 6.45) is -2.59. The van der Waals surface area contributed by atoms with Crippen LogP contribution in [0.3, 0.4) is 0 Å². The number of urea groups is 1. The summed E-state index contributed by atoms with van der Waals surface area (Å²) in [5.74, 6) is -1.33. The number of benzene rings is 2. The number of amides is 2. The van der Waals surface area contributed by atoms with Crippen molar-refractivity contribution in [2.45, 2.75) is 50.6 Å². The first-order chi connectivity index (χ1) is 14.2. The summed E-state index contributed by atoms with van der Waals surface area (Å²) < 4.78 is 71.9. The first-order valence-electron chi connectivity index (χ1n) is 9.52. The highest BCUT2D eigenvalue weighted by molar-refractivity contribution is 5.90. The van der Waals surface area contributed by atoms with Gasteiger partial charge in [0.05, 0.1) is 24.0 Å². The van der Waals surface area contributed by atoms with Crippen molar-refractivity contribution in [3.05, 3.63) is 65.2 Å². The molecular formula is C21H21F5N2O2. The fraction of sp³-hybridized carbons (Fsp3) is 0.381. The lowest BCUT2D eigenvalue weighted by Gasteiger charge is -2.29. The Balaban J connectivity index is 1.46. The monoisotopic (exact) mass is 428 g/mol. The molecule has 1 fully saturated rings. The summed E-state index contributed by atoms with van der Waals surface area (Å²) in [5.41, 5.74) is -1.36. The lowest BCUT2D eigenvalue weighted by atomic mass is 9.93. The third kappa shape index (κ3) is 5.69. The van der Waals surface area contributed by atoms with Gasteiger partial charge in [-0.15, -0.1) is 0 Å². The van der Waals surface area contributed by atoms with E-state index < -0.39 is 29.4 Å². The second kappa shape index (κ2) is 9.42. The Labute approximate surface area is 170 Å². The molecule has 0 bridgehead atoms. The lowest BCUT2D eigenvalue weighted by Crippen LogP contribution is -2.41. The second-order valence-electron chi connectivity index (χ2n) is 7.13. The molecule has 0 saturated heterocycles. The maximum atomic E-state index is 13.6. The highest BCUT2D eigenvalue weighted by Gasteiger charge is 2.33. The van der Waals surface area contributed by atoms with Crippen LogP contribution in [0.1, 0.15) is 36.8 Å². The SMILES string of the molecule is O=C(Nc1ccccc1C(F)(F)F)NC1CCC(OCc2c(F)cccc2F)CC1. The number of ether oxygens (including phenoxy) is 1. The smallest absolute Gasteiger partial charge is 0.373 e. The van der Waals surface area contributed by atoms with E-state index >= 15 is 0 Å². The Hall–Kier alpha value is -2.68. The van der Waals surface area contributed by atoms with Gasteiger partial charge in [0, 0.05) is 11.6 Å². The van der Waals surface area contributed by atoms with Crippen molar-refractivity contribution in [1.82, 2.24) is 5.32 Å². The van der Waals surface area contributed by atoms with Gasteiger partial charge in [0.1, 0.15) is 11.6 Å². The summed E-state index contributed by atoms with van der Waals surface area (Å²) >= 11 is 0. The van der Waals surface area contributed by atoms with E-state index in [4.69, 9.17) is 4.74 Å². The van der Waals surface area contributed by atoms with Gasteiger partial charge in [-0.25, -0.2) is 13.6 Å². The zero-order valence-electron chi connectivity index (χ0n) is 15.9. The fourth-order valence-electron chi connectivity index (χ4n) is 3.43. The van der Waals surface area contributed by atoms with Crippen LogP contribution in [0.4, 0.5) is 32.4 Å². The Morgan fingerprint density at radius 2 is 1.60 bits per heavy atom. The summed E-state index contributed by atoms with van der Waals surface area (Å²) in [6, 6.07) is 7.41. The van der Waals surface area contributed by atoms with Crippen LogP contribution < -0.4 is 10.6 Å². The normalized spacial score (nSPS) is 19.4. The quantitative estimate of drug-likeness (QED) is 0.606. The van der Waals surface area contributed by atoms with Gasteiger partial charge in [0.15, 0.2) is 0 Å². The van der Waals surface area contributed by atoms with E-state index in [1.807, 2.05) is 0 Å². The second-order valence-corrected chi connectivity index (χ2v) is 7.13. The largest absolute Gasteiger partial charge is 0.418 e. The molecule has 1 saturated carbocycles. The van der Waals surface area contributed by atoms with Crippen LogP contribution >= 0.6 is 0 Å². The molecule has 0 heterocycles. The van der Waals surface area contributed by atoms with Crippen molar-refractivity contribution in [3.8, 4) is 0 Å². The van der Waals surface area contributed by atoms with Gasteiger partial charge in [-0.3, -0.25) is 0 Å². The minimum atomic E-state index is -4.57. The van der Waals surface area contributed by atoms with Crippen molar-refractivity contribution < 1.29 is 31.5 Å². The Morgan fingerprint density at radius 1 is 0.967 bits per heavy atom. The van der Waals surface area contributed by atoms with E-state index in [9.17, 15) is 26.7 Å². The molecule has 0 atom stereocenters. The molecule has 3 rings (SSSR count). The van der Waals surface area contributed by atoms with E-state index in [2.05, 4.69) is 10.6 Å². The predicted octanol–water partition coefficient (Wildman–Crippen LogP) is 5.63. The van der Waals surface area contributed by atoms with E-state index in [1.165, 1.54) is 24.3 Å². The lowest BCUT2D eigenvalue weighted by molar-refractivity contribution is -0.136. The molecule has 30 heavy (non-hydrogen) atoms. The molecule has 0 unspecified atom stereocenters. The van der Waals surface area contributed by atoms with Crippen LogP contribution in [-0.4, -0.2) is 18.2 Å². The Morgan fingerprint density at radius 3 is 2.23 bits per heavy atom. The molecule has 0 aliphatic heterocycles. The molecule has 1 aliphatic rings. The number of halogens is 5. The molecule has 9 heteroatoms. The third-order valence-electron chi connectivity index (χ3n) is 5.02. The van der Waals surface area contributed by atoms with Gasteiger partial charge in [-0.2, -0.15) is 13.2 Å². The molecule has 0 aromatic heterocycles. The van der Waals surface area contributed by atoms with Crippen LogP contribution in [0, 0.1) is 11.6 Å². The first kappa shape index (κ1) is 22.0. The molecule has 4 nitrogen and oxygen atoms in total. The van der Waals surface area contributed by atoms with Gasteiger partial charge in [-0.05, 0) is 49.9 Å². The molecule has 2 aromatic carbocycles. The minimum Gasteiger partial charge on any atom is -0.373 e. The van der Waals surface area contributed by atoms with E-state index in [1.54, 1.807) is 0 Å². The van der Waals surface area contributed by atoms with Gasteiger partial charge < -0.3 is 15.4 Å². The number of hydrogen-bond donors (Lipinski definition) is 2. The number of alkyl halides is 3. The average Bonchev–Trinajstić information content (AvgIpc) is 2.68. The van der Waals surface area contributed by atoms with Gasteiger partial charge in [0.25, 0.3) is 0 Å². The maximum absolute atomic E-state index is 13.6. The molecule has 2 N–H and O–H groups in total. The van der Waals surface area contributed by atoms with Gasteiger partial charge >= 0.3 is 12.2 Å². The van der Waals surface area contributed by atoms with Crippen molar-refractivity contribution in [1.29, 1.82) is 0 Å². The van der Waals surface area contributed by atoms with E-state index in [0.717, 1.165) is 18.2 Å². The predicted molar refractivity (Wildman–Crippen MR) is 101 cm³/mol. The Bertz CT molecular complexity index is 860. The highest BCUT2D eigenvalue weighted by Crippen LogP contribution is 2.34. The summed E-state index contributed by atoms with van der Waals surface area (Å²) in [4.78, 5) is 12.1. The number of nitrogens with one attached hydrogen (secondary N) is 2. The van der Waals surface area contributed by atoms with Crippen molar-refractivity contribution in [2.75, 3.05) is 5.32 Å². The minimum absolute atomic E-state index is 0.125. The summed E-state index contributed by atoms with van der Waals surface area (Å²) in [6.45, 7) is -0.185. The van der Waals surface area contributed by atoms with Gasteiger partial charge in [-0.1, -0.05) is 18.2 Å². The topological polar surface area (TPSA) is 50.4 Å². The van der Waals surface area contributed by atoms with E-state index in [0.29, 0.717) is 25.7 Å². The van der Waals surface area contributed by atoms with Crippen LogP contribution in [0.5, 0.6) is 0 Å². The number of anilines is 1. The number of para-hydroxylation sites is 1. The van der Waals surface area contributed by atoms with Gasteiger partial charge in [0.2, 0.25) is 0 Å². The van der Waals surface area contributed by atoms with Crippen LogP contribution in [0.15, 0.2) is 42.5 Å². The first-order valence-corrected chi connectivity index (χ1v) is 9.52. The molecule has 2 aromatic rings. The summed E-state index contributed by atoms with van der Waals surface area (Å²) in [7, 11) is 0. The van der Waals surface area contributed by atoms with Crippen molar-refractivity contribution in [2.24, 2.45) is 0 Å². The van der Waals surface area contributed by atoms with Crippen molar-refractivity contribution >= 4 is 11.7 Å². The zero-order chi connectivity index (χ0) is 21.7. The number of hydrogen-bond acceptors (Lipinski definition) is 2. The third-order valence-corrected chi connectivity index (χ3v) is 5.02. The molecular weight excluding hydrogens is 407 g/mol. The number of carbonyl (C=O) groups is 1. The standard InChI is InChI=1S/C21H21F5N2O2/c22-17-5-3-6-18(23)15(17)12-30-14-10-8-13(9-11-14)27-20(29)28-19-7-2-1-4-16(19)21(24,25)26/h1-7,13-14H,8-12H2,(H2,27,28,29). The molecule has 0 radical (unpaired) electrons. The fourth-order valence-corrected chi connectivity index (χ4v) is 3.43. The summed E-state index contributed by atoms with van der Waals surface area (Å²) in [5, 5.41) is 4.92. The number of rotatable bonds is 5. The van der Waals surface area contributed by atoms with Crippen LogP contribution in [0.2, 0.25) is 0 Å². The van der Waals surface area contributed by atoms with E-state index in [-0.39, 0.29) is 30.0 Å². The van der Waals surface area contributed by atoms with Crippen molar-refractivity contribution in [3.63, 3.8) is 0 Å². The Kier molecular flexibility index (Phi) is 6.91. The molecule has 1 aliphatic carbocycles. The number of carbonyl (C=O) groups excluding carboxylic acids is 1. The molecule has 2 amide bonds. The van der Waals surface area contributed by atoms with Crippen LogP contribution in [-0.2, 0) is 17.5 Å². The average molecular weight is 428 g/mol. The molecule has 162 valence electrons. The maximum Gasteiger partial charge on any atom is 0.418 e. The zero-order valence-corrected chi connectivity index (χ0v) is 15.9. The molecule has 0 spiro atoms. The highest BCUT2D eigenvalue weighted by atomic mass is 19.4. The van der Waals surface area contributed by atoms with Crippen LogP contribution in [0.25, 0.3) is 0 Å².